The molecular formula is C15H22N6O. The Morgan fingerprint density at radius 3 is 2.50 bits per heavy atom. The first kappa shape index (κ1) is 14.8. The van der Waals surface area contributed by atoms with E-state index in [1.807, 2.05) is 23.6 Å². The standard InChI is InChI=1S/C15H22N6O/c1-12-13(10-18(2)17-12)11-20-6-8-21(9-7-20)15(22)14-4-5-16-19(14)3/h4-5,10H,6-9,11H2,1-3H3. The lowest BCUT2D eigenvalue weighted by molar-refractivity contribution is 0.0617. The lowest BCUT2D eigenvalue weighted by Crippen LogP contribution is -2.48. The molecule has 118 valence electrons. The molecule has 0 atom stereocenters. The van der Waals surface area contributed by atoms with Crippen LogP contribution in [0.2, 0.25) is 0 Å². The van der Waals surface area contributed by atoms with Crippen molar-refractivity contribution in [3.8, 4) is 0 Å². The van der Waals surface area contributed by atoms with Crippen molar-refractivity contribution < 1.29 is 4.79 Å². The third kappa shape index (κ3) is 2.89. The molecule has 2 aromatic rings. The molecule has 0 N–H and O–H groups in total. The Morgan fingerprint density at radius 2 is 1.95 bits per heavy atom. The Balaban J connectivity index is 1.57. The summed E-state index contributed by atoms with van der Waals surface area (Å²) >= 11 is 0. The van der Waals surface area contributed by atoms with Crippen LogP contribution >= 0.6 is 0 Å². The van der Waals surface area contributed by atoms with Gasteiger partial charge >= 0.3 is 0 Å². The molecule has 1 saturated heterocycles. The Bertz CT molecular complexity index is 665. The fourth-order valence-corrected chi connectivity index (χ4v) is 2.90. The van der Waals surface area contributed by atoms with Gasteiger partial charge in [0.05, 0.1) is 5.69 Å². The molecule has 0 aliphatic carbocycles. The van der Waals surface area contributed by atoms with Crippen LogP contribution in [0.3, 0.4) is 0 Å². The van der Waals surface area contributed by atoms with E-state index in [0.29, 0.717) is 5.69 Å². The average Bonchev–Trinajstić information content (AvgIpc) is 3.05. The minimum absolute atomic E-state index is 0.0669. The predicted octanol–water partition coefficient (Wildman–Crippen LogP) is 0.420. The van der Waals surface area contributed by atoms with E-state index in [4.69, 9.17) is 0 Å². The van der Waals surface area contributed by atoms with Gasteiger partial charge in [-0.1, -0.05) is 0 Å². The van der Waals surface area contributed by atoms with E-state index in [1.165, 1.54) is 5.56 Å². The summed E-state index contributed by atoms with van der Waals surface area (Å²) in [5.41, 5.74) is 2.99. The first-order valence-corrected chi connectivity index (χ1v) is 7.53. The number of hydrogen-bond donors (Lipinski definition) is 0. The molecule has 3 rings (SSSR count). The SMILES string of the molecule is Cc1nn(C)cc1CN1CCN(C(=O)c2ccnn2C)CC1. The van der Waals surface area contributed by atoms with Crippen molar-refractivity contribution in [3.05, 3.63) is 35.4 Å². The first-order valence-electron chi connectivity index (χ1n) is 7.53. The summed E-state index contributed by atoms with van der Waals surface area (Å²) in [4.78, 5) is 16.7. The molecule has 0 aromatic carbocycles. The minimum atomic E-state index is 0.0669. The molecule has 7 nitrogen and oxygen atoms in total. The Hall–Kier alpha value is -2.15. The van der Waals surface area contributed by atoms with Crippen LogP contribution in [-0.2, 0) is 20.6 Å². The van der Waals surface area contributed by atoms with Gasteiger partial charge in [-0.15, -0.1) is 0 Å². The Labute approximate surface area is 130 Å². The van der Waals surface area contributed by atoms with Gasteiger partial charge in [-0.05, 0) is 13.0 Å². The van der Waals surface area contributed by atoms with E-state index in [1.54, 1.807) is 24.0 Å². The van der Waals surface area contributed by atoms with Crippen molar-refractivity contribution in [2.24, 2.45) is 14.1 Å². The number of carbonyl (C=O) groups is 1. The van der Waals surface area contributed by atoms with Gasteiger partial charge in [0.1, 0.15) is 5.69 Å². The van der Waals surface area contributed by atoms with E-state index < -0.39 is 0 Å². The Kier molecular flexibility index (Phi) is 3.98. The van der Waals surface area contributed by atoms with Crippen LogP contribution in [0, 0.1) is 6.92 Å². The molecule has 3 heterocycles. The van der Waals surface area contributed by atoms with Crippen molar-refractivity contribution in [1.29, 1.82) is 0 Å². The van der Waals surface area contributed by atoms with Crippen molar-refractivity contribution in [2.75, 3.05) is 26.2 Å². The van der Waals surface area contributed by atoms with Crippen LogP contribution in [0.4, 0.5) is 0 Å². The fourth-order valence-electron chi connectivity index (χ4n) is 2.90. The third-order valence-corrected chi connectivity index (χ3v) is 4.21. The maximum atomic E-state index is 12.4. The highest BCUT2D eigenvalue weighted by molar-refractivity contribution is 5.92. The number of aromatic nitrogens is 4. The predicted molar refractivity (Wildman–Crippen MR) is 82.3 cm³/mol. The third-order valence-electron chi connectivity index (χ3n) is 4.21. The monoisotopic (exact) mass is 302 g/mol. The van der Waals surface area contributed by atoms with Crippen LogP contribution in [-0.4, -0.2) is 61.4 Å². The summed E-state index contributed by atoms with van der Waals surface area (Å²) in [5, 5.41) is 8.44. The van der Waals surface area contributed by atoms with E-state index in [2.05, 4.69) is 21.3 Å². The Morgan fingerprint density at radius 1 is 1.23 bits per heavy atom. The zero-order valence-corrected chi connectivity index (χ0v) is 13.4. The van der Waals surface area contributed by atoms with E-state index in [-0.39, 0.29) is 5.91 Å². The van der Waals surface area contributed by atoms with Crippen LogP contribution in [0.25, 0.3) is 0 Å². The molecule has 22 heavy (non-hydrogen) atoms. The zero-order chi connectivity index (χ0) is 15.7. The summed E-state index contributed by atoms with van der Waals surface area (Å²) in [5.74, 6) is 0.0669. The summed E-state index contributed by atoms with van der Waals surface area (Å²) in [6, 6.07) is 1.77. The van der Waals surface area contributed by atoms with Gasteiger partial charge in [-0.3, -0.25) is 19.1 Å². The molecule has 0 saturated carbocycles. The number of rotatable bonds is 3. The maximum absolute atomic E-state index is 12.4. The molecule has 1 aliphatic rings. The minimum Gasteiger partial charge on any atom is -0.335 e. The highest BCUT2D eigenvalue weighted by Crippen LogP contribution is 2.13. The second kappa shape index (κ2) is 5.92. The second-order valence-corrected chi connectivity index (χ2v) is 5.82. The highest BCUT2D eigenvalue weighted by Gasteiger charge is 2.24. The van der Waals surface area contributed by atoms with Crippen LogP contribution in [0.5, 0.6) is 0 Å². The summed E-state index contributed by atoms with van der Waals surface area (Å²) in [7, 11) is 3.75. The smallest absolute Gasteiger partial charge is 0.272 e. The fraction of sp³-hybridized carbons (Fsp3) is 0.533. The van der Waals surface area contributed by atoms with Gasteiger partial charge in [-0.25, -0.2) is 0 Å². The second-order valence-electron chi connectivity index (χ2n) is 5.82. The van der Waals surface area contributed by atoms with Gasteiger partial charge in [0.15, 0.2) is 0 Å². The number of nitrogens with zero attached hydrogens (tertiary/aromatic N) is 6. The quantitative estimate of drug-likeness (QED) is 0.824. The molecule has 7 heteroatoms. The molecule has 0 radical (unpaired) electrons. The number of carbonyl (C=O) groups excluding carboxylic acids is 1. The maximum Gasteiger partial charge on any atom is 0.272 e. The molecular weight excluding hydrogens is 280 g/mol. The molecule has 1 aliphatic heterocycles. The summed E-state index contributed by atoms with van der Waals surface area (Å²) < 4.78 is 3.49. The zero-order valence-electron chi connectivity index (χ0n) is 13.4. The van der Waals surface area contributed by atoms with Crippen molar-refractivity contribution in [3.63, 3.8) is 0 Å². The van der Waals surface area contributed by atoms with Gasteiger partial charge in [0.25, 0.3) is 5.91 Å². The topological polar surface area (TPSA) is 59.2 Å². The number of piperazine rings is 1. The number of aryl methyl sites for hydroxylation is 3. The largest absolute Gasteiger partial charge is 0.335 e. The van der Waals surface area contributed by atoms with Gasteiger partial charge in [0.2, 0.25) is 0 Å². The van der Waals surface area contributed by atoms with Crippen molar-refractivity contribution in [1.82, 2.24) is 29.4 Å². The van der Waals surface area contributed by atoms with Gasteiger partial charge in [0, 0.05) is 64.8 Å². The highest BCUT2D eigenvalue weighted by atomic mass is 16.2. The summed E-state index contributed by atoms with van der Waals surface area (Å²) in [6.45, 7) is 6.22. The lowest BCUT2D eigenvalue weighted by atomic mass is 10.2. The van der Waals surface area contributed by atoms with Crippen molar-refractivity contribution >= 4 is 5.91 Å². The van der Waals surface area contributed by atoms with E-state index in [9.17, 15) is 4.79 Å². The molecule has 2 aromatic heterocycles. The first-order chi connectivity index (χ1) is 10.5. The van der Waals surface area contributed by atoms with E-state index in [0.717, 1.165) is 38.4 Å². The molecule has 0 spiro atoms. The molecule has 1 amide bonds. The molecule has 1 fully saturated rings. The lowest BCUT2D eigenvalue weighted by Gasteiger charge is -2.34. The number of amides is 1. The number of hydrogen-bond acceptors (Lipinski definition) is 4. The normalized spacial score (nSPS) is 16.2. The van der Waals surface area contributed by atoms with Crippen LogP contribution in [0.15, 0.2) is 18.5 Å². The average molecular weight is 302 g/mol. The van der Waals surface area contributed by atoms with Crippen LogP contribution < -0.4 is 0 Å². The van der Waals surface area contributed by atoms with Crippen molar-refractivity contribution in [2.45, 2.75) is 13.5 Å². The molecule has 0 bridgehead atoms. The van der Waals surface area contributed by atoms with Gasteiger partial charge < -0.3 is 4.90 Å². The van der Waals surface area contributed by atoms with Crippen LogP contribution in [0.1, 0.15) is 21.7 Å². The molecule has 0 unspecified atom stereocenters. The van der Waals surface area contributed by atoms with E-state index >= 15 is 0 Å². The summed E-state index contributed by atoms with van der Waals surface area (Å²) in [6.07, 6.45) is 3.73. The van der Waals surface area contributed by atoms with Gasteiger partial charge in [-0.2, -0.15) is 10.2 Å².